The zero-order chi connectivity index (χ0) is 22.6. The SMILES string of the molecule is COc1ccc([C@H](C)NC(=O)c2ccc(N(C)S(=O)(=O)c3cccs3)cc2)cc1OC. The fourth-order valence-electron chi connectivity index (χ4n) is 2.99. The van der Waals surface area contributed by atoms with Gasteiger partial charge in [0, 0.05) is 12.6 Å². The first kappa shape index (κ1) is 22.6. The predicted octanol–water partition coefficient (Wildman–Crippen LogP) is 4.08. The molecule has 0 aliphatic rings. The molecule has 0 spiro atoms. The van der Waals surface area contributed by atoms with Crippen molar-refractivity contribution in [3.8, 4) is 11.5 Å². The van der Waals surface area contributed by atoms with Crippen molar-refractivity contribution in [2.75, 3.05) is 25.6 Å². The van der Waals surface area contributed by atoms with Crippen LogP contribution in [0.5, 0.6) is 11.5 Å². The summed E-state index contributed by atoms with van der Waals surface area (Å²) in [7, 11) is 0.992. The number of carbonyl (C=O) groups is 1. The number of anilines is 1. The molecular formula is C22H24N2O5S2. The second-order valence-corrected chi connectivity index (χ2v) is 9.90. The first-order valence-electron chi connectivity index (χ1n) is 9.43. The lowest BCUT2D eigenvalue weighted by molar-refractivity contribution is 0.0940. The van der Waals surface area contributed by atoms with E-state index in [1.54, 1.807) is 62.1 Å². The number of sulfonamides is 1. The Kier molecular flexibility index (Phi) is 6.87. The van der Waals surface area contributed by atoms with Gasteiger partial charge in [-0.2, -0.15) is 0 Å². The summed E-state index contributed by atoms with van der Waals surface area (Å²) in [6.45, 7) is 1.87. The van der Waals surface area contributed by atoms with Crippen LogP contribution < -0.4 is 19.1 Å². The molecule has 0 radical (unpaired) electrons. The Morgan fingerprint density at radius 2 is 1.71 bits per heavy atom. The molecule has 0 aliphatic carbocycles. The summed E-state index contributed by atoms with van der Waals surface area (Å²) in [6, 6.07) is 14.9. The molecular weight excluding hydrogens is 436 g/mol. The molecule has 1 heterocycles. The number of hydrogen-bond donors (Lipinski definition) is 1. The quantitative estimate of drug-likeness (QED) is 0.548. The lowest BCUT2D eigenvalue weighted by atomic mass is 10.1. The normalized spacial score (nSPS) is 12.1. The van der Waals surface area contributed by atoms with Crippen LogP contribution >= 0.6 is 11.3 Å². The molecule has 1 aromatic heterocycles. The van der Waals surface area contributed by atoms with Crippen LogP contribution in [0.3, 0.4) is 0 Å². The van der Waals surface area contributed by atoms with E-state index in [1.807, 2.05) is 19.1 Å². The fraction of sp³-hybridized carbons (Fsp3) is 0.227. The van der Waals surface area contributed by atoms with E-state index in [2.05, 4.69) is 5.32 Å². The minimum atomic E-state index is -3.62. The molecule has 0 saturated heterocycles. The Morgan fingerprint density at radius 1 is 1.03 bits per heavy atom. The summed E-state index contributed by atoms with van der Waals surface area (Å²) >= 11 is 1.16. The standard InChI is InChI=1S/C22H24N2O5S2/c1-15(17-9-12-19(28-3)20(14-17)29-4)23-22(25)16-7-10-18(11-8-16)24(2)31(26,27)21-6-5-13-30-21/h5-15H,1-4H3,(H,23,25)/t15-/m0/s1. The highest BCUT2D eigenvalue weighted by Crippen LogP contribution is 2.30. The van der Waals surface area contributed by atoms with E-state index in [4.69, 9.17) is 9.47 Å². The van der Waals surface area contributed by atoms with Crippen molar-refractivity contribution in [2.24, 2.45) is 0 Å². The summed E-state index contributed by atoms with van der Waals surface area (Å²) in [4.78, 5) is 12.7. The number of rotatable bonds is 8. The van der Waals surface area contributed by atoms with Gasteiger partial charge in [0.05, 0.1) is 25.9 Å². The van der Waals surface area contributed by atoms with Gasteiger partial charge < -0.3 is 14.8 Å². The number of amides is 1. The monoisotopic (exact) mass is 460 g/mol. The molecule has 3 aromatic rings. The third-order valence-electron chi connectivity index (χ3n) is 4.86. The lowest BCUT2D eigenvalue weighted by Gasteiger charge is -2.19. The molecule has 0 unspecified atom stereocenters. The number of thiophene rings is 1. The zero-order valence-corrected chi connectivity index (χ0v) is 19.3. The largest absolute Gasteiger partial charge is 0.493 e. The van der Waals surface area contributed by atoms with Gasteiger partial charge in [-0.05, 0) is 60.3 Å². The topological polar surface area (TPSA) is 84.9 Å². The summed E-state index contributed by atoms with van der Waals surface area (Å²) in [5.74, 6) is 0.931. The van der Waals surface area contributed by atoms with E-state index in [9.17, 15) is 13.2 Å². The second kappa shape index (κ2) is 9.40. The Bertz CT molecular complexity index is 1140. The second-order valence-electron chi connectivity index (χ2n) is 6.76. The van der Waals surface area contributed by atoms with Crippen LogP contribution in [0, 0.1) is 0 Å². The Balaban J connectivity index is 1.72. The summed E-state index contributed by atoms with van der Waals surface area (Å²) < 4.78 is 37.3. The van der Waals surface area contributed by atoms with E-state index in [0.29, 0.717) is 22.7 Å². The van der Waals surface area contributed by atoms with Gasteiger partial charge >= 0.3 is 0 Å². The fourth-order valence-corrected chi connectivity index (χ4v) is 5.35. The van der Waals surface area contributed by atoms with Gasteiger partial charge in [0.1, 0.15) is 4.21 Å². The predicted molar refractivity (Wildman–Crippen MR) is 122 cm³/mol. The highest BCUT2D eigenvalue weighted by molar-refractivity contribution is 7.94. The van der Waals surface area contributed by atoms with Crippen LogP contribution in [0.15, 0.2) is 64.2 Å². The smallest absolute Gasteiger partial charge is 0.273 e. The molecule has 0 aliphatic heterocycles. The maximum absolute atomic E-state index is 12.7. The van der Waals surface area contributed by atoms with Crippen molar-refractivity contribution < 1.29 is 22.7 Å². The summed E-state index contributed by atoms with van der Waals surface area (Å²) in [6.07, 6.45) is 0. The van der Waals surface area contributed by atoms with E-state index >= 15 is 0 Å². The molecule has 9 heteroatoms. The summed E-state index contributed by atoms with van der Waals surface area (Å²) in [5.41, 5.74) is 1.76. The summed E-state index contributed by atoms with van der Waals surface area (Å²) in [5, 5.41) is 4.65. The minimum absolute atomic E-state index is 0.264. The molecule has 1 amide bonds. The van der Waals surface area contributed by atoms with Crippen LogP contribution in [-0.2, 0) is 10.0 Å². The number of benzene rings is 2. The van der Waals surface area contributed by atoms with E-state index in [0.717, 1.165) is 16.9 Å². The zero-order valence-electron chi connectivity index (χ0n) is 17.7. The van der Waals surface area contributed by atoms with Crippen molar-refractivity contribution in [1.82, 2.24) is 5.32 Å². The van der Waals surface area contributed by atoms with Gasteiger partial charge in [-0.1, -0.05) is 12.1 Å². The molecule has 3 rings (SSSR count). The highest BCUT2D eigenvalue weighted by Gasteiger charge is 2.22. The molecule has 2 aromatic carbocycles. The minimum Gasteiger partial charge on any atom is -0.493 e. The number of nitrogens with one attached hydrogen (secondary N) is 1. The third-order valence-corrected chi connectivity index (χ3v) is 8.02. The van der Waals surface area contributed by atoms with Gasteiger partial charge in [0.2, 0.25) is 0 Å². The van der Waals surface area contributed by atoms with Gasteiger partial charge in [-0.15, -0.1) is 11.3 Å². The lowest BCUT2D eigenvalue weighted by Crippen LogP contribution is -2.27. The molecule has 164 valence electrons. The Morgan fingerprint density at radius 3 is 2.29 bits per heavy atom. The van der Waals surface area contributed by atoms with Gasteiger partial charge in [0.15, 0.2) is 11.5 Å². The van der Waals surface area contributed by atoms with Crippen LogP contribution in [0.25, 0.3) is 0 Å². The van der Waals surface area contributed by atoms with Crippen molar-refractivity contribution >= 4 is 33.0 Å². The average molecular weight is 461 g/mol. The number of methoxy groups -OCH3 is 2. The molecule has 0 saturated carbocycles. The maximum Gasteiger partial charge on any atom is 0.273 e. The van der Waals surface area contributed by atoms with Crippen molar-refractivity contribution in [2.45, 2.75) is 17.2 Å². The molecule has 1 N–H and O–H groups in total. The average Bonchev–Trinajstić information content (AvgIpc) is 3.34. The van der Waals surface area contributed by atoms with Crippen molar-refractivity contribution in [3.63, 3.8) is 0 Å². The molecule has 0 bridgehead atoms. The molecule has 1 atom stereocenters. The molecule has 0 fully saturated rings. The molecule has 31 heavy (non-hydrogen) atoms. The first-order chi connectivity index (χ1) is 14.8. The number of ether oxygens (including phenoxy) is 2. The number of carbonyl (C=O) groups excluding carboxylic acids is 1. The van der Waals surface area contributed by atoms with Crippen LogP contribution in [-0.4, -0.2) is 35.6 Å². The van der Waals surface area contributed by atoms with Crippen LogP contribution in [0.4, 0.5) is 5.69 Å². The van der Waals surface area contributed by atoms with Crippen molar-refractivity contribution in [3.05, 3.63) is 71.1 Å². The van der Waals surface area contributed by atoms with Gasteiger partial charge in [0.25, 0.3) is 15.9 Å². The van der Waals surface area contributed by atoms with Crippen LogP contribution in [0.1, 0.15) is 28.9 Å². The first-order valence-corrected chi connectivity index (χ1v) is 11.7. The van der Waals surface area contributed by atoms with Gasteiger partial charge in [-0.3, -0.25) is 9.10 Å². The number of nitrogens with zero attached hydrogens (tertiary/aromatic N) is 1. The van der Waals surface area contributed by atoms with Crippen molar-refractivity contribution in [1.29, 1.82) is 0 Å². The Hall–Kier alpha value is -3.04. The highest BCUT2D eigenvalue weighted by atomic mass is 32.2. The third kappa shape index (κ3) is 4.83. The van der Waals surface area contributed by atoms with E-state index in [-0.39, 0.29) is 16.2 Å². The van der Waals surface area contributed by atoms with Gasteiger partial charge in [-0.25, -0.2) is 8.42 Å². The van der Waals surface area contributed by atoms with Crippen LogP contribution in [0.2, 0.25) is 0 Å². The Labute approximate surface area is 186 Å². The molecule has 7 nitrogen and oxygen atoms in total. The number of hydrogen-bond acceptors (Lipinski definition) is 6. The van der Waals surface area contributed by atoms with E-state index < -0.39 is 10.0 Å². The van der Waals surface area contributed by atoms with E-state index in [1.165, 1.54) is 11.4 Å². The maximum atomic E-state index is 12.7.